The standard InChI is InChI=1S/C19H20ClN3O5/c1-27-16-8-7-13(10-14(16)20)22-17(24)11-28-18(25)15(23-19(21)26)9-12-5-3-2-4-6-12/h2-8,10,15H,9,11H2,1H3,(H,22,24)(H3,21,23,26)/t15-/m0/s1. The normalized spacial score (nSPS) is 11.2. The highest BCUT2D eigenvalue weighted by Gasteiger charge is 2.22. The molecule has 9 heteroatoms. The van der Waals surface area contributed by atoms with E-state index in [1.165, 1.54) is 13.2 Å². The lowest BCUT2D eigenvalue weighted by molar-refractivity contribution is -0.149. The van der Waals surface area contributed by atoms with Crippen molar-refractivity contribution in [3.63, 3.8) is 0 Å². The van der Waals surface area contributed by atoms with Crippen LogP contribution in [0.15, 0.2) is 48.5 Å². The largest absolute Gasteiger partial charge is 0.495 e. The second-order valence-electron chi connectivity index (χ2n) is 5.76. The lowest BCUT2D eigenvalue weighted by Crippen LogP contribution is -2.46. The number of rotatable bonds is 8. The summed E-state index contributed by atoms with van der Waals surface area (Å²) in [5.41, 5.74) is 6.34. The number of carbonyl (C=O) groups excluding carboxylic acids is 3. The minimum absolute atomic E-state index is 0.179. The van der Waals surface area contributed by atoms with Crippen LogP contribution < -0.4 is 21.1 Å². The Morgan fingerprint density at radius 1 is 1.14 bits per heavy atom. The molecule has 0 fully saturated rings. The first-order valence-corrected chi connectivity index (χ1v) is 8.66. The van der Waals surface area contributed by atoms with Crippen LogP contribution in [0.4, 0.5) is 10.5 Å². The summed E-state index contributed by atoms with van der Waals surface area (Å²) >= 11 is 5.99. The summed E-state index contributed by atoms with van der Waals surface area (Å²) in [6, 6.07) is 11.8. The van der Waals surface area contributed by atoms with Crippen molar-refractivity contribution in [2.45, 2.75) is 12.5 Å². The van der Waals surface area contributed by atoms with E-state index in [4.69, 9.17) is 26.8 Å². The first-order valence-electron chi connectivity index (χ1n) is 8.29. The number of nitrogens with one attached hydrogen (secondary N) is 2. The van der Waals surface area contributed by atoms with Gasteiger partial charge in [-0.05, 0) is 23.8 Å². The molecule has 0 aliphatic rings. The van der Waals surface area contributed by atoms with Gasteiger partial charge < -0.3 is 25.8 Å². The first-order chi connectivity index (χ1) is 13.4. The Morgan fingerprint density at radius 3 is 2.46 bits per heavy atom. The van der Waals surface area contributed by atoms with E-state index in [1.807, 2.05) is 6.07 Å². The van der Waals surface area contributed by atoms with E-state index >= 15 is 0 Å². The summed E-state index contributed by atoms with van der Waals surface area (Å²) in [4.78, 5) is 35.4. The van der Waals surface area contributed by atoms with Crippen LogP contribution in [0, 0.1) is 0 Å². The number of urea groups is 1. The van der Waals surface area contributed by atoms with Gasteiger partial charge in [-0.25, -0.2) is 9.59 Å². The summed E-state index contributed by atoms with van der Waals surface area (Å²) in [6.45, 7) is -0.534. The molecule has 148 valence electrons. The molecule has 0 radical (unpaired) electrons. The Bertz CT molecular complexity index is 845. The van der Waals surface area contributed by atoms with Crippen LogP contribution in [0.25, 0.3) is 0 Å². The van der Waals surface area contributed by atoms with E-state index in [2.05, 4.69) is 10.6 Å². The predicted molar refractivity (Wildman–Crippen MR) is 104 cm³/mol. The molecule has 0 saturated carbocycles. The molecule has 0 saturated heterocycles. The number of anilines is 1. The van der Waals surface area contributed by atoms with E-state index in [0.29, 0.717) is 16.5 Å². The van der Waals surface area contributed by atoms with Crippen LogP contribution in [0.5, 0.6) is 5.75 Å². The van der Waals surface area contributed by atoms with Gasteiger partial charge in [0.15, 0.2) is 6.61 Å². The zero-order valence-electron chi connectivity index (χ0n) is 15.1. The molecule has 8 nitrogen and oxygen atoms in total. The van der Waals surface area contributed by atoms with Crippen LogP contribution in [0.3, 0.4) is 0 Å². The van der Waals surface area contributed by atoms with Gasteiger partial charge in [0.05, 0.1) is 12.1 Å². The fourth-order valence-corrected chi connectivity index (χ4v) is 2.65. The van der Waals surface area contributed by atoms with E-state index in [-0.39, 0.29) is 6.42 Å². The summed E-state index contributed by atoms with van der Waals surface area (Å²) in [7, 11) is 1.48. The Labute approximate surface area is 166 Å². The molecule has 3 amide bonds. The number of hydrogen-bond acceptors (Lipinski definition) is 5. The van der Waals surface area contributed by atoms with Crippen molar-refractivity contribution in [3.8, 4) is 5.75 Å². The molecule has 2 aromatic rings. The van der Waals surface area contributed by atoms with Gasteiger partial charge in [0.25, 0.3) is 5.91 Å². The molecular weight excluding hydrogens is 386 g/mol. The van der Waals surface area contributed by atoms with E-state index in [0.717, 1.165) is 5.56 Å². The van der Waals surface area contributed by atoms with Crippen molar-refractivity contribution in [2.24, 2.45) is 5.73 Å². The molecule has 0 heterocycles. The molecule has 2 rings (SSSR count). The fraction of sp³-hybridized carbons (Fsp3) is 0.211. The Hall–Kier alpha value is -3.26. The van der Waals surface area contributed by atoms with Crippen LogP contribution in [-0.2, 0) is 20.7 Å². The molecule has 1 atom stereocenters. The lowest BCUT2D eigenvalue weighted by Gasteiger charge is -2.16. The fourth-order valence-electron chi connectivity index (χ4n) is 2.39. The summed E-state index contributed by atoms with van der Waals surface area (Å²) in [5.74, 6) is -0.870. The number of benzene rings is 2. The van der Waals surface area contributed by atoms with Gasteiger partial charge >= 0.3 is 12.0 Å². The summed E-state index contributed by atoms with van der Waals surface area (Å²) < 4.78 is 10.0. The van der Waals surface area contributed by atoms with Crippen molar-refractivity contribution >= 4 is 35.2 Å². The van der Waals surface area contributed by atoms with Crippen LogP contribution in [0.1, 0.15) is 5.56 Å². The number of halogens is 1. The zero-order chi connectivity index (χ0) is 20.5. The minimum Gasteiger partial charge on any atom is -0.495 e. The highest BCUT2D eigenvalue weighted by Crippen LogP contribution is 2.27. The zero-order valence-corrected chi connectivity index (χ0v) is 15.9. The third kappa shape index (κ3) is 6.48. The Morgan fingerprint density at radius 2 is 1.86 bits per heavy atom. The Balaban J connectivity index is 1.92. The van der Waals surface area contributed by atoms with Gasteiger partial charge in [0, 0.05) is 12.1 Å². The van der Waals surface area contributed by atoms with Crippen molar-refractivity contribution in [2.75, 3.05) is 19.0 Å². The predicted octanol–water partition coefficient (Wildman–Crippen LogP) is 2.11. The smallest absolute Gasteiger partial charge is 0.329 e. The molecule has 0 spiro atoms. The van der Waals surface area contributed by atoms with Gasteiger partial charge in [-0.3, -0.25) is 4.79 Å². The van der Waals surface area contributed by atoms with Gasteiger partial charge in [0.2, 0.25) is 0 Å². The number of hydrogen-bond donors (Lipinski definition) is 3. The number of ether oxygens (including phenoxy) is 2. The maximum atomic E-state index is 12.3. The third-order valence-electron chi connectivity index (χ3n) is 3.66. The molecule has 0 unspecified atom stereocenters. The van der Waals surface area contributed by atoms with Crippen LogP contribution >= 0.6 is 11.6 Å². The first kappa shape index (κ1) is 21.0. The maximum Gasteiger partial charge on any atom is 0.329 e. The number of methoxy groups -OCH3 is 1. The second kappa shape index (κ2) is 10.2. The van der Waals surface area contributed by atoms with Gasteiger partial charge in [-0.1, -0.05) is 41.9 Å². The molecule has 0 aliphatic carbocycles. The molecule has 2 aromatic carbocycles. The number of primary amides is 1. The quantitative estimate of drug-likeness (QED) is 0.581. The number of esters is 1. The lowest BCUT2D eigenvalue weighted by atomic mass is 10.1. The minimum atomic E-state index is -1.01. The topological polar surface area (TPSA) is 120 Å². The number of nitrogens with two attached hydrogens (primary N) is 1. The highest BCUT2D eigenvalue weighted by atomic mass is 35.5. The van der Waals surface area contributed by atoms with Gasteiger partial charge in [-0.15, -0.1) is 0 Å². The van der Waals surface area contributed by atoms with Crippen molar-refractivity contribution < 1.29 is 23.9 Å². The second-order valence-corrected chi connectivity index (χ2v) is 6.16. The number of carbonyl (C=O) groups is 3. The van der Waals surface area contributed by atoms with Crippen molar-refractivity contribution in [1.29, 1.82) is 0 Å². The highest BCUT2D eigenvalue weighted by molar-refractivity contribution is 6.32. The molecule has 0 bridgehead atoms. The van der Waals surface area contributed by atoms with Crippen molar-refractivity contribution in [3.05, 3.63) is 59.1 Å². The SMILES string of the molecule is COc1ccc(NC(=O)COC(=O)[C@H](Cc2ccccc2)NC(N)=O)cc1Cl. The molecule has 28 heavy (non-hydrogen) atoms. The number of amides is 3. The van der Waals surface area contributed by atoms with E-state index in [1.54, 1.807) is 36.4 Å². The third-order valence-corrected chi connectivity index (χ3v) is 3.96. The van der Waals surface area contributed by atoms with Crippen molar-refractivity contribution in [1.82, 2.24) is 5.32 Å². The van der Waals surface area contributed by atoms with E-state index < -0.39 is 30.6 Å². The van der Waals surface area contributed by atoms with Gasteiger partial charge in [-0.2, -0.15) is 0 Å². The Kier molecular flexibility index (Phi) is 7.65. The van der Waals surface area contributed by atoms with Crippen LogP contribution in [-0.4, -0.2) is 37.7 Å². The average molecular weight is 406 g/mol. The maximum absolute atomic E-state index is 12.3. The summed E-state index contributed by atoms with van der Waals surface area (Å²) in [6.07, 6.45) is 0.179. The molecule has 0 aliphatic heterocycles. The summed E-state index contributed by atoms with van der Waals surface area (Å²) in [5, 5.41) is 5.20. The monoisotopic (exact) mass is 405 g/mol. The van der Waals surface area contributed by atoms with Crippen LogP contribution in [0.2, 0.25) is 5.02 Å². The average Bonchev–Trinajstić information content (AvgIpc) is 2.66. The molecular formula is C19H20ClN3O5. The van der Waals surface area contributed by atoms with E-state index in [9.17, 15) is 14.4 Å². The van der Waals surface area contributed by atoms with Gasteiger partial charge in [0.1, 0.15) is 11.8 Å². The molecule has 0 aromatic heterocycles. The molecule has 4 N–H and O–H groups in total.